The third-order valence-corrected chi connectivity index (χ3v) is 10.5. The van der Waals surface area contributed by atoms with Gasteiger partial charge in [-0.25, -0.2) is 4.79 Å². The van der Waals surface area contributed by atoms with Gasteiger partial charge in [-0.2, -0.15) is 0 Å². The predicted molar refractivity (Wildman–Crippen MR) is 229 cm³/mol. The SMILES string of the molecule is Cc1cc(N)c2cc(NC(=O)c3ccccc3COc3ccc(CNCCCCCCCCNC(=O)OCC4c5ccccc5-c5ccccc54)cc3)ccc2n1. The molecule has 7 rings (SSSR count). The molecule has 0 atom stereocenters. The number of unbranched alkanes of at least 4 members (excludes halogenated alkanes) is 5. The minimum Gasteiger partial charge on any atom is -0.489 e. The number of nitrogens with one attached hydrogen (secondary N) is 3. The van der Waals surface area contributed by atoms with Crippen molar-refractivity contribution in [3.63, 3.8) is 0 Å². The second kappa shape index (κ2) is 19.1. The summed E-state index contributed by atoms with van der Waals surface area (Å²) in [5.74, 6) is 0.610. The molecule has 1 aliphatic rings. The fourth-order valence-electron chi connectivity index (χ4n) is 7.55. The Bertz CT molecular complexity index is 2260. The number of aromatic nitrogens is 1. The maximum absolute atomic E-state index is 13.3. The van der Waals surface area contributed by atoms with Crippen molar-refractivity contribution in [3.05, 3.63) is 155 Å². The van der Waals surface area contributed by atoms with Gasteiger partial charge in [0, 0.05) is 52.6 Å². The molecule has 5 N–H and O–H groups in total. The number of ether oxygens (including phenoxy) is 2. The fourth-order valence-corrected chi connectivity index (χ4v) is 7.55. The van der Waals surface area contributed by atoms with Crippen molar-refractivity contribution >= 4 is 34.3 Å². The van der Waals surface area contributed by atoms with Crippen molar-refractivity contribution in [1.29, 1.82) is 0 Å². The number of hydrogen-bond acceptors (Lipinski definition) is 7. The zero-order valence-electron chi connectivity index (χ0n) is 32.6. The largest absolute Gasteiger partial charge is 0.489 e. The number of carbonyl (C=O) groups excluding carboxylic acids is 2. The molecule has 0 radical (unpaired) electrons. The van der Waals surface area contributed by atoms with Crippen molar-refractivity contribution in [2.24, 2.45) is 0 Å². The Kier molecular flexibility index (Phi) is 13.1. The molecule has 0 aliphatic heterocycles. The van der Waals surface area contributed by atoms with Gasteiger partial charge < -0.3 is 31.2 Å². The van der Waals surface area contributed by atoms with Crippen LogP contribution in [0.2, 0.25) is 0 Å². The maximum atomic E-state index is 13.3. The number of carbonyl (C=O) groups is 2. The number of amides is 2. The third kappa shape index (κ3) is 10.2. The third-order valence-electron chi connectivity index (χ3n) is 10.5. The van der Waals surface area contributed by atoms with Gasteiger partial charge in [-0.3, -0.25) is 9.78 Å². The van der Waals surface area contributed by atoms with Crippen LogP contribution in [0.15, 0.2) is 121 Å². The number of hydrogen-bond donors (Lipinski definition) is 4. The highest BCUT2D eigenvalue weighted by Gasteiger charge is 2.29. The van der Waals surface area contributed by atoms with E-state index in [4.69, 9.17) is 15.2 Å². The monoisotopic (exact) mass is 761 g/mol. The zero-order chi connectivity index (χ0) is 39.4. The van der Waals surface area contributed by atoms with E-state index in [1.54, 1.807) is 6.07 Å². The molecule has 0 fully saturated rings. The zero-order valence-corrected chi connectivity index (χ0v) is 32.6. The van der Waals surface area contributed by atoms with Crippen LogP contribution < -0.4 is 26.4 Å². The number of nitrogens with zero attached hydrogens (tertiary/aromatic N) is 1. The first-order valence-corrected chi connectivity index (χ1v) is 20.0. The van der Waals surface area contributed by atoms with Crippen LogP contribution in [-0.4, -0.2) is 36.7 Å². The normalized spacial score (nSPS) is 11.9. The van der Waals surface area contributed by atoms with E-state index < -0.39 is 0 Å². The highest BCUT2D eigenvalue weighted by atomic mass is 16.5. The summed E-state index contributed by atoms with van der Waals surface area (Å²) in [6.07, 6.45) is 6.32. The summed E-state index contributed by atoms with van der Waals surface area (Å²) in [6, 6.07) is 39.7. The molecule has 9 heteroatoms. The lowest BCUT2D eigenvalue weighted by atomic mass is 9.98. The highest BCUT2D eigenvalue weighted by molar-refractivity contribution is 6.06. The van der Waals surface area contributed by atoms with E-state index in [9.17, 15) is 9.59 Å². The number of nitrogen functional groups attached to an aromatic ring is 1. The van der Waals surface area contributed by atoms with E-state index in [0.29, 0.717) is 30.1 Å². The second-order valence-corrected chi connectivity index (χ2v) is 14.7. The van der Waals surface area contributed by atoms with Crippen LogP contribution in [0.3, 0.4) is 0 Å². The number of fused-ring (bicyclic) bond motifs is 4. The Morgan fingerprint density at radius 1 is 0.737 bits per heavy atom. The molecule has 0 unspecified atom stereocenters. The first-order valence-electron chi connectivity index (χ1n) is 20.0. The molecular weight excluding hydrogens is 711 g/mol. The quantitative estimate of drug-likeness (QED) is 0.0642. The van der Waals surface area contributed by atoms with Crippen LogP contribution in [0.25, 0.3) is 22.0 Å². The molecule has 0 spiro atoms. The molecule has 292 valence electrons. The molecule has 1 heterocycles. The van der Waals surface area contributed by atoms with E-state index >= 15 is 0 Å². The van der Waals surface area contributed by atoms with Crippen LogP contribution in [0.4, 0.5) is 16.2 Å². The fraction of sp³-hybridized carbons (Fsp3) is 0.271. The Morgan fingerprint density at radius 2 is 1.40 bits per heavy atom. The van der Waals surface area contributed by atoms with Gasteiger partial charge in [-0.1, -0.05) is 105 Å². The van der Waals surface area contributed by atoms with Crippen LogP contribution in [0.5, 0.6) is 5.75 Å². The summed E-state index contributed by atoms with van der Waals surface area (Å²) in [4.78, 5) is 30.2. The van der Waals surface area contributed by atoms with Gasteiger partial charge in [0.25, 0.3) is 5.91 Å². The second-order valence-electron chi connectivity index (χ2n) is 14.7. The van der Waals surface area contributed by atoms with Crippen molar-refractivity contribution in [3.8, 4) is 16.9 Å². The standard InChI is InChI=1S/C48H51N5O4/c1-33-28-45(49)43-29-36(22-25-46(43)52-33)53-47(54)38-15-7-6-14-35(38)31-56-37-23-20-34(21-24-37)30-50-26-12-4-2-3-5-13-27-51-48(55)57-32-44-41-18-10-8-16-39(41)40-17-9-11-19-42(40)44/h6-11,14-25,28-29,44,50H,2-5,12-13,26-27,30-32H2,1H3,(H2,49,52)(H,51,55)(H,53,54). The molecule has 0 saturated heterocycles. The average molecular weight is 762 g/mol. The minimum absolute atomic E-state index is 0.0781. The lowest BCUT2D eigenvalue weighted by molar-refractivity contribution is 0.102. The van der Waals surface area contributed by atoms with Crippen LogP contribution in [0, 0.1) is 6.92 Å². The average Bonchev–Trinajstić information content (AvgIpc) is 3.55. The summed E-state index contributed by atoms with van der Waals surface area (Å²) in [7, 11) is 0. The first kappa shape index (κ1) is 39.1. The van der Waals surface area contributed by atoms with Gasteiger partial charge >= 0.3 is 6.09 Å². The lowest BCUT2D eigenvalue weighted by Crippen LogP contribution is -2.27. The molecule has 0 saturated carbocycles. The number of aryl methyl sites for hydroxylation is 1. The van der Waals surface area contributed by atoms with Crippen LogP contribution >= 0.6 is 0 Å². The molecule has 5 aromatic carbocycles. The summed E-state index contributed by atoms with van der Waals surface area (Å²) < 4.78 is 11.7. The molecule has 1 aliphatic carbocycles. The predicted octanol–water partition coefficient (Wildman–Crippen LogP) is 9.93. The molecule has 2 amide bonds. The van der Waals surface area contributed by atoms with Gasteiger partial charge in [0.05, 0.1) is 5.52 Å². The van der Waals surface area contributed by atoms with E-state index in [1.165, 1.54) is 40.7 Å². The Balaban J connectivity index is 0.735. The first-order chi connectivity index (χ1) is 27.9. The van der Waals surface area contributed by atoms with E-state index in [1.807, 2.05) is 73.7 Å². The summed E-state index contributed by atoms with van der Waals surface area (Å²) in [5, 5.41) is 10.3. The summed E-state index contributed by atoms with van der Waals surface area (Å²) in [6.45, 7) is 4.91. The highest BCUT2D eigenvalue weighted by Crippen LogP contribution is 2.44. The van der Waals surface area contributed by atoms with E-state index in [2.05, 4.69) is 69.5 Å². The van der Waals surface area contributed by atoms with Crippen molar-refractivity contribution < 1.29 is 19.1 Å². The Morgan fingerprint density at radius 3 is 2.16 bits per heavy atom. The summed E-state index contributed by atoms with van der Waals surface area (Å²) >= 11 is 0. The number of benzene rings is 5. The van der Waals surface area contributed by atoms with Crippen molar-refractivity contribution in [2.75, 3.05) is 30.7 Å². The number of anilines is 2. The number of alkyl carbamates (subject to hydrolysis) is 1. The smallest absolute Gasteiger partial charge is 0.407 e. The van der Waals surface area contributed by atoms with Gasteiger partial charge in [0.2, 0.25) is 0 Å². The topological polar surface area (TPSA) is 128 Å². The van der Waals surface area contributed by atoms with Crippen molar-refractivity contribution in [2.45, 2.75) is 64.5 Å². The minimum atomic E-state index is -0.341. The van der Waals surface area contributed by atoms with Crippen molar-refractivity contribution in [1.82, 2.24) is 15.6 Å². The molecule has 57 heavy (non-hydrogen) atoms. The molecule has 9 nitrogen and oxygen atoms in total. The van der Waals surface area contributed by atoms with Gasteiger partial charge in [0.15, 0.2) is 0 Å². The van der Waals surface area contributed by atoms with Crippen LogP contribution in [-0.2, 0) is 17.9 Å². The number of pyridine rings is 1. The summed E-state index contributed by atoms with van der Waals surface area (Å²) in [5.41, 5.74) is 16.6. The Hall–Kier alpha value is -6.19. The van der Waals surface area contributed by atoms with Gasteiger partial charge in [-0.05, 0) is 96.6 Å². The van der Waals surface area contributed by atoms with Crippen LogP contribution in [0.1, 0.15) is 82.7 Å². The molecule has 1 aromatic heterocycles. The van der Waals surface area contributed by atoms with Gasteiger partial charge in [-0.15, -0.1) is 0 Å². The lowest BCUT2D eigenvalue weighted by Gasteiger charge is -2.14. The van der Waals surface area contributed by atoms with Gasteiger partial charge in [0.1, 0.15) is 19.0 Å². The molecule has 6 aromatic rings. The Labute approximate surface area is 335 Å². The number of rotatable bonds is 18. The van der Waals surface area contributed by atoms with E-state index in [0.717, 1.165) is 66.7 Å². The number of nitrogens with two attached hydrogens (primary N) is 1. The molecular formula is C48H51N5O4. The maximum Gasteiger partial charge on any atom is 0.407 e. The molecule has 0 bridgehead atoms. The van der Waals surface area contributed by atoms with E-state index in [-0.39, 0.29) is 24.5 Å².